The van der Waals surface area contributed by atoms with Crippen LogP contribution in [0.15, 0.2) is 47.7 Å². The van der Waals surface area contributed by atoms with Gasteiger partial charge in [-0.05, 0) is 5.56 Å². The van der Waals surface area contributed by atoms with E-state index in [0.29, 0.717) is 24.2 Å². The Morgan fingerprint density at radius 3 is 2.85 bits per heavy atom. The predicted octanol–water partition coefficient (Wildman–Crippen LogP) is 2.04. The van der Waals surface area contributed by atoms with Gasteiger partial charge in [-0.2, -0.15) is 0 Å². The van der Waals surface area contributed by atoms with E-state index >= 15 is 0 Å². The largest absolute Gasteiger partial charge is 0.383 e. The molecule has 1 N–H and O–H groups in total. The molecule has 0 unspecified atom stereocenters. The van der Waals surface area contributed by atoms with Crippen molar-refractivity contribution < 1.29 is 4.74 Å². The highest BCUT2D eigenvalue weighted by atomic mass is 16.5. The molecule has 3 rings (SSSR count). The third-order valence-electron chi connectivity index (χ3n) is 3.27. The van der Waals surface area contributed by atoms with Crippen LogP contribution in [0.25, 0.3) is 22.2 Å². The number of benzene rings is 1. The molecule has 20 heavy (non-hydrogen) atoms. The van der Waals surface area contributed by atoms with E-state index in [1.54, 1.807) is 18.0 Å². The van der Waals surface area contributed by atoms with E-state index in [4.69, 9.17) is 4.74 Å². The van der Waals surface area contributed by atoms with Crippen LogP contribution in [0.5, 0.6) is 0 Å². The fourth-order valence-corrected chi connectivity index (χ4v) is 2.22. The summed E-state index contributed by atoms with van der Waals surface area (Å²) in [7, 11) is 1.61. The minimum Gasteiger partial charge on any atom is -0.383 e. The molecule has 0 amide bonds. The Bertz CT molecular complexity index is 775. The monoisotopic (exact) mass is 269 g/mol. The molecule has 5 nitrogen and oxygen atoms in total. The average Bonchev–Trinajstić information content (AvgIpc) is 2.92. The van der Waals surface area contributed by atoms with E-state index in [9.17, 15) is 4.79 Å². The molecule has 0 spiro atoms. The lowest BCUT2D eigenvalue weighted by Crippen LogP contribution is -2.22. The number of H-pyrrole nitrogens is 1. The maximum Gasteiger partial charge on any atom is 0.277 e. The van der Waals surface area contributed by atoms with Crippen LogP contribution in [-0.4, -0.2) is 28.3 Å². The molecular weight excluding hydrogens is 254 g/mol. The molecule has 2 aromatic heterocycles. The Kier molecular flexibility index (Phi) is 3.35. The number of nitrogens with one attached hydrogen (secondary N) is 1. The highest BCUT2D eigenvalue weighted by Gasteiger charge is 2.11. The number of ether oxygens (including phenoxy) is 1. The van der Waals surface area contributed by atoms with Crippen LogP contribution >= 0.6 is 0 Å². The Labute approximate surface area is 115 Å². The summed E-state index contributed by atoms with van der Waals surface area (Å²) in [6.45, 7) is 0.983. The number of methoxy groups -OCH3 is 1. The highest BCUT2D eigenvalue weighted by molar-refractivity contribution is 5.91. The first-order chi connectivity index (χ1) is 9.81. The van der Waals surface area contributed by atoms with Crippen molar-refractivity contribution in [2.75, 3.05) is 13.7 Å². The van der Waals surface area contributed by atoms with Gasteiger partial charge in [0.2, 0.25) is 0 Å². The number of nitrogens with zero attached hydrogens (tertiary/aromatic N) is 2. The Morgan fingerprint density at radius 1 is 1.30 bits per heavy atom. The van der Waals surface area contributed by atoms with E-state index in [2.05, 4.69) is 9.97 Å². The summed E-state index contributed by atoms with van der Waals surface area (Å²) in [6.07, 6.45) is 3.40. The zero-order valence-electron chi connectivity index (χ0n) is 11.2. The molecule has 0 bridgehead atoms. The Balaban J connectivity index is 2.11. The maximum atomic E-state index is 12.3. The third kappa shape index (κ3) is 2.12. The smallest absolute Gasteiger partial charge is 0.277 e. The fraction of sp³-hybridized carbons (Fsp3) is 0.200. The number of rotatable bonds is 4. The lowest BCUT2D eigenvalue weighted by molar-refractivity contribution is 0.186. The first-order valence-electron chi connectivity index (χ1n) is 6.42. The molecule has 2 heterocycles. The number of hydrogen-bond acceptors (Lipinski definition) is 3. The van der Waals surface area contributed by atoms with Crippen LogP contribution in [0.1, 0.15) is 0 Å². The third-order valence-corrected chi connectivity index (χ3v) is 3.27. The molecule has 3 aromatic rings. The molecule has 0 saturated carbocycles. The van der Waals surface area contributed by atoms with E-state index < -0.39 is 0 Å². The quantitative estimate of drug-likeness (QED) is 0.788. The van der Waals surface area contributed by atoms with Gasteiger partial charge in [-0.3, -0.25) is 9.36 Å². The predicted molar refractivity (Wildman–Crippen MR) is 77.7 cm³/mol. The zero-order chi connectivity index (χ0) is 13.9. The van der Waals surface area contributed by atoms with Gasteiger partial charge >= 0.3 is 0 Å². The summed E-state index contributed by atoms with van der Waals surface area (Å²) < 4.78 is 6.54. The van der Waals surface area contributed by atoms with Crippen molar-refractivity contribution in [2.24, 2.45) is 0 Å². The zero-order valence-corrected chi connectivity index (χ0v) is 11.2. The second-order valence-electron chi connectivity index (χ2n) is 4.53. The minimum absolute atomic E-state index is 0.0748. The maximum absolute atomic E-state index is 12.3. The van der Waals surface area contributed by atoms with Crippen molar-refractivity contribution >= 4 is 11.0 Å². The molecule has 0 fully saturated rings. The number of hydrogen-bond donors (Lipinski definition) is 1. The van der Waals surface area contributed by atoms with Crippen molar-refractivity contribution in [3.63, 3.8) is 0 Å². The van der Waals surface area contributed by atoms with Crippen LogP contribution in [0.2, 0.25) is 0 Å². The van der Waals surface area contributed by atoms with E-state index in [0.717, 1.165) is 11.1 Å². The normalized spacial score (nSPS) is 11.1. The summed E-state index contributed by atoms with van der Waals surface area (Å²) in [4.78, 5) is 19.8. The van der Waals surface area contributed by atoms with Gasteiger partial charge in [0.25, 0.3) is 5.56 Å². The van der Waals surface area contributed by atoms with Gasteiger partial charge in [-0.1, -0.05) is 30.3 Å². The topological polar surface area (TPSA) is 59.9 Å². The van der Waals surface area contributed by atoms with Gasteiger partial charge in [-0.25, -0.2) is 4.98 Å². The number of fused-ring (bicyclic) bond motifs is 1. The lowest BCUT2D eigenvalue weighted by atomic mass is 10.1. The van der Waals surface area contributed by atoms with Crippen molar-refractivity contribution in [1.29, 1.82) is 0 Å². The van der Waals surface area contributed by atoms with Crippen molar-refractivity contribution in [3.8, 4) is 11.1 Å². The average molecular weight is 269 g/mol. The molecule has 1 aromatic carbocycles. The summed E-state index contributed by atoms with van der Waals surface area (Å²) in [5.74, 6) is 0. The van der Waals surface area contributed by atoms with Gasteiger partial charge in [0.1, 0.15) is 11.0 Å². The SMILES string of the molecule is COCCn1cnc2c(-c3ccccc3)c[nH]c2c1=O. The van der Waals surface area contributed by atoms with Crippen molar-refractivity contribution in [1.82, 2.24) is 14.5 Å². The first kappa shape index (κ1) is 12.6. The fourth-order valence-electron chi connectivity index (χ4n) is 2.22. The van der Waals surface area contributed by atoms with E-state index in [-0.39, 0.29) is 5.56 Å². The van der Waals surface area contributed by atoms with Crippen LogP contribution in [0.4, 0.5) is 0 Å². The molecule has 0 aliphatic rings. The van der Waals surface area contributed by atoms with Gasteiger partial charge in [0, 0.05) is 18.9 Å². The summed E-state index contributed by atoms with van der Waals surface area (Å²) in [6, 6.07) is 9.90. The minimum atomic E-state index is -0.0748. The van der Waals surface area contributed by atoms with Crippen LogP contribution in [0.3, 0.4) is 0 Å². The second-order valence-corrected chi connectivity index (χ2v) is 4.53. The molecule has 102 valence electrons. The molecule has 0 saturated heterocycles. The van der Waals surface area contributed by atoms with Gasteiger partial charge in [0.15, 0.2) is 0 Å². The first-order valence-corrected chi connectivity index (χ1v) is 6.42. The molecular formula is C15H15N3O2. The lowest BCUT2D eigenvalue weighted by Gasteiger charge is -2.04. The number of aromatic nitrogens is 3. The van der Waals surface area contributed by atoms with E-state index in [1.165, 1.54) is 0 Å². The van der Waals surface area contributed by atoms with Crippen LogP contribution < -0.4 is 5.56 Å². The molecule has 0 aliphatic carbocycles. The van der Waals surface area contributed by atoms with Crippen LogP contribution in [-0.2, 0) is 11.3 Å². The van der Waals surface area contributed by atoms with Crippen LogP contribution in [0, 0.1) is 0 Å². The molecule has 5 heteroatoms. The Morgan fingerprint density at radius 2 is 2.10 bits per heavy atom. The molecule has 0 aliphatic heterocycles. The summed E-state index contributed by atoms with van der Waals surface area (Å²) in [5, 5.41) is 0. The van der Waals surface area contributed by atoms with E-state index in [1.807, 2.05) is 36.5 Å². The molecule has 0 atom stereocenters. The summed E-state index contributed by atoms with van der Waals surface area (Å²) >= 11 is 0. The molecule has 0 radical (unpaired) electrons. The van der Waals surface area contributed by atoms with Gasteiger partial charge in [-0.15, -0.1) is 0 Å². The highest BCUT2D eigenvalue weighted by Crippen LogP contribution is 2.24. The second kappa shape index (κ2) is 5.30. The summed E-state index contributed by atoms with van der Waals surface area (Å²) in [5.41, 5.74) is 3.14. The van der Waals surface area contributed by atoms with Crippen molar-refractivity contribution in [3.05, 3.63) is 53.2 Å². The van der Waals surface area contributed by atoms with Gasteiger partial charge in [0.05, 0.1) is 19.5 Å². The number of aromatic amines is 1. The van der Waals surface area contributed by atoms with Gasteiger partial charge < -0.3 is 9.72 Å². The standard InChI is InChI=1S/C15H15N3O2/c1-20-8-7-18-10-17-13-12(9-16-14(13)15(18)19)11-5-3-2-4-6-11/h2-6,9-10,16H,7-8H2,1H3. The Hall–Kier alpha value is -2.40. The van der Waals surface area contributed by atoms with Crippen molar-refractivity contribution in [2.45, 2.75) is 6.54 Å².